The molecule has 0 radical (unpaired) electrons. The Morgan fingerprint density at radius 3 is 2.95 bits per heavy atom. The van der Waals surface area contributed by atoms with Gasteiger partial charge in [-0.15, -0.1) is 0 Å². The highest BCUT2D eigenvalue weighted by Gasteiger charge is 2.38. The van der Waals surface area contributed by atoms with Crippen LogP contribution in [0.3, 0.4) is 0 Å². The lowest BCUT2D eigenvalue weighted by Gasteiger charge is -2.40. The number of nitrogens with zero attached hydrogens (tertiary/aromatic N) is 1. The molecule has 0 aromatic rings. The van der Waals surface area contributed by atoms with E-state index in [0.717, 1.165) is 58.8 Å². The van der Waals surface area contributed by atoms with Crippen LogP contribution in [-0.2, 0) is 9.47 Å². The quantitative estimate of drug-likeness (QED) is 0.643. The fourth-order valence-electron chi connectivity index (χ4n) is 3.00. The lowest BCUT2D eigenvalue weighted by atomic mass is 9.86. The van der Waals surface area contributed by atoms with E-state index in [0.29, 0.717) is 6.61 Å². The summed E-state index contributed by atoms with van der Waals surface area (Å²) in [6, 6.07) is 0.150. The Morgan fingerprint density at radius 2 is 2.26 bits per heavy atom. The van der Waals surface area contributed by atoms with Crippen LogP contribution in [0.15, 0.2) is 0 Å². The SMILES string of the molecule is CCCNCC1(CN2CCOCC2CO)CCOC1. The van der Waals surface area contributed by atoms with Gasteiger partial charge in [0.2, 0.25) is 0 Å². The van der Waals surface area contributed by atoms with Gasteiger partial charge in [0.15, 0.2) is 0 Å². The van der Waals surface area contributed by atoms with Crippen molar-refractivity contribution in [2.75, 3.05) is 59.2 Å². The Balaban J connectivity index is 1.91. The summed E-state index contributed by atoms with van der Waals surface area (Å²) in [6.07, 6.45) is 2.27. The summed E-state index contributed by atoms with van der Waals surface area (Å²) >= 11 is 0. The van der Waals surface area contributed by atoms with Gasteiger partial charge in [0.05, 0.1) is 32.5 Å². The maximum Gasteiger partial charge on any atom is 0.0644 e. The van der Waals surface area contributed by atoms with Crippen LogP contribution < -0.4 is 5.32 Å². The Bertz CT molecular complexity index is 257. The molecule has 2 saturated heterocycles. The Morgan fingerprint density at radius 1 is 1.37 bits per heavy atom. The number of hydrogen-bond acceptors (Lipinski definition) is 5. The van der Waals surface area contributed by atoms with Gasteiger partial charge < -0.3 is 19.9 Å². The number of hydrogen-bond donors (Lipinski definition) is 2. The number of rotatable bonds is 7. The van der Waals surface area contributed by atoms with Crippen molar-refractivity contribution in [2.24, 2.45) is 5.41 Å². The molecule has 0 bridgehead atoms. The zero-order valence-corrected chi connectivity index (χ0v) is 12.1. The molecule has 0 aromatic heterocycles. The van der Waals surface area contributed by atoms with Crippen LogP contribution in [-0.4, -0.2) is 75.3 Å². The fourth-order valence-corrected chi connectivity index (χ4v) is 3.00. The highest BCUT2D eigenvalue weighted by atomic mass is 16.5. The predicted molar refractivity (Wildman–Crippen MR) is 74.3 cm³/mol. The highest BCUT2D eigenvalue weighted by Crippen LogP contribution is 2.30. The highest BCUT2D eigenvalue weighted by molar-refractivity contribution is 4.90. The molecule has 0 saturated carbocycles. The maximum absolute atomic E-state index is 9.46. The Labute approximate surface area is 116 Å². The third kappa shape index (κ3) is 4.13. The molecule has 2 unspecified atom stereocenters. The van der Waals surface area contributed by atoms with Crippen molar-refractivity contribution < 1.29 is 14.6 Å². The van der Waals surface area contributed by atoms with Gasteiger partial charge in [-0.25, -0.2) is 0 Å². The zero-order valence-electron chi connectivity index (χ0n) is 12.1. The van der Waals surface area contributed by atoms with Crippen LogP contribution in [0.1, 0.15) is 19.8 Å². The van der Waals surface area contributed by atoms with Gasteiger partial charge in [0, 0.05) is 31.7 Å². The molecule has 0 amide bonds. The Kier molecular flexibility index (Phi) is 6.04. The zero-order chi connectivity index (χ0) is 13.6. The number of aliphatic hydroxyl groups is 1. The van der Waals surface area contributed by atoms with Gasteiger partial charge >= 0.3 is 0 Å². The summed E-state index contributed by atoms with van der Waals surface area (Å²) in [4.78, 5) is 2.38. The molecule has 2 fully saturated rings. The molecule has 0 aliphatic carbocycles. The van der Waals surface area contributed by atoms with E-state index in [1.807, 2.05) is 0 Å². The molecule has 2 heterocycles. The lowest BCUT2D eigenvalue weighted by molar-refractivity contribution is -0.0454. The van der Waals surface area contributed by atoms with Crippen LogP contribution in [0.25, 0.3) is 0 Å². The first kappa shape index (κ1) is 15.2. The normalized spacial score (nSPS) is 32.8. The first-order valence-electron chi connectivity index (χ1n) is 7.51. The van der Waals surface area contributed by atoms with Crippen LogP contribution in [0.4, 0.5) is 0 Å². The minimum atomic E-state index is 0.150. The average molecular weight is 272 g/mol. The fraction of sp³-hybridized carbons (Fsp3) is 1.00. The summed E-state index contributed by atoms with van der Waals surface area (Å²) in [5.41, 5.74) is 0.208. The number of morpholine rings is 1. The van der Waals surface area contributed by atoms with Crippen LogP contribution in [0, 0.1) is 5.41 Å². The van der Waals surface area contributed by atoms with Crippen molar-refractivity contribution in [3.05, 3.63) is 0 Å². The van der Waals surface area contributed by atoms with E-state index in [1.54, 1.807) is 0 Å². The minimum Gasteiger partial charge on any atom is -0.395 e. The second kappa shape index (κ2) is 7.55. The largest absolute Gasteiger partial charge is 0.395 e. The molecule has 2 atom stereocenters. The third-order valence-electron chi connectivity index (χ3n) is 4.21. The predicted octanol–water partition coefficient (Wildman–Crippen LogP) is 0.0858. The number of ether oxygens (including phenoxy) is 2. The maximum atomic E-state index is 9.46. The average Bonchev–Trinajstić information content (AvgIpc) is 2.88. The van der Waals surface area contributed by atoms with E-state index in [-0.39, 0.29) is 18.1 Å². The van der Waals surface area contributed by atoms with Gasteiger partial charge in [-0.05, 0) is 19.4 Å². The summed E-state index contributed by atoms with van der Waals surface area (Å²) < 4.78 is 11.1. The molecule has 5 nitrogen and oxygen atoms in total. The molecule has 19 heavy (non-hydrogen) atoms. The third-order valence-corrected chi connectivity index (χ3v) is 4.21. The van der Waals surface area contributed by atoms with E-state index in [9.17, 15) is 5.11 Å². The monoisotopic (exact) mass is 272 g/mol. The van der Waals surface area contributed by atoms with E-state index in [1.165, 1.54) is 0 Å². The van der Waals surface area contributed by atoms with Gasteiger partial charge in [0.25, 0.3) is 0 Å². The topological polar surface area (TPSA) is 54.0 Å². The molecule has 2 aliphatic rings. The van der Waals surface area contributed by atoms with Crippen molar-refractivity contribution in [1.29, 1.82) is 0 Å². The molecular weight excluding hydrogens is 244 g/mol. The van der Waals surface area contributed by atoms with E-state index in [4.69, 9.17) is 9.47 Å². The van der Waals surface area contributed by atoms with Gasteiger partial charge in [-0.2, -0.15) is 0 Å². The first-order chi connectivity index (χ1) is 9.29. The Hall–Kier alpha value is -0.200. The molecule has 0 aromatic carbocycles. The van der Waals surface area contributed by atoms with Crippen molar-refractivity contribution in [3.63, 3.8) is 0 Å². The smallest absolute Gasteiger partial charge is 0.0644 e. The summed E-state index contributed by atoms with van der Waals surface area (Å²) in [6.45, 7) is 9.48. The minimum absolute atomic E-state index is 0.150. The molecule has 2 rings (SSSR count). The number of aliphatic hydroxyl groups excluding tert-OH is 1. The van der Waals surface area contributed by atoms with E-state index >= 15 is 0 Å². The molecule has 2 aliphatic heterocycles. The van der Waals surface area contributed by atoms with Crippen molar-refractivity contribution in [2.45, 2.75) is 25.8 Å². The number of nitrogens with one attached hydrogen (secondary N) is 1. The van der Waals surface area contributed by atoms with Gasteiger partial charge in [-0.1, -0.05) is 6.92 Å². The second-order valence-corrected chi connectivity index (χ2v) is 5.86. The van der Waals surface area contributed by atoms with Crippen LogP contribution >= 0.6 is 0 Å². The summed E-state index contributed by atoms with van der Waals surface area (Å²) in [5.74, 6) is 0. The molecular formula is C14H28N2O3. The van der Waals surface area contributed by atoms with Crippen molar-refractivity contribution in [3.8, 4) is 0 Å². The first-order valence-corrected chi connectivity index (χ1v) is 7.51. The molecule has 2 N–H and O–H groups in total. The summed E-state index contributed by atoms with van der Waals surface area (Å²) in [5, 5.41) is 13.0. The standard InChI is InChI=1S/C14H28N2O3/c1-2-4-15-10-14(3-6-19-12-14)11-16-5-7-18-9-13(16)8-17/h13,15,17H,2-12H2,1H3. The van der Waals surface area contributed by atoms with Crippen molar-refractivity contribution >= 4 is 0 Å². The molecule has 0 spiro atoms. The lowest BCUT2D eigenvalue weighted by Crippen LogP contribution is -2.54. The van der Waals surface area contributed by atoms with Crippen LogP contribution in [0.2, 0.25) is 0 Å². The molecule has 112 valence electrons. The van der Waals surface area contributed by atoms with Gasteiger partial charge in [-0.3, -0.25) is 4.90 Å². The van der Waals surface area contributed by atoms with Crippen molar-refractivity contribution in [1.82, 2.24) is 10.2 Å². The summed E-state index contributed by atoms with van der Waals surface area (Å²) in [7, 11) is 0. The van der Waals surface area contributed by atoms with E-state index < -0.39 is 0 Å². The molecule has 5 heteroatoms. The second-order valence-electron chi connectivity index (χ2n) is 5.86. The van der Waals surface area contributed by atoms with E-state index in [2.05, 4.69) is 17.1 Å². The van der Waals surface area contributed by atoms with Crippen LogP contribution in [0.5, 0.6) is 0 Å². The van der Waals surface area contributed by atoms with Gasteiger partial charge in [0.1, 0.15) is 0 Å².